The van der Waals surface area contributed by atoms with Crippen molar-refractivity contribution >= 4 is 27.9 Å². The van der Waals surface area contributed by atoms with E-state index >= 15 is 0 Å². The molecule has 4 aromatic rings. The Bertz CT molecular complexity index is 1120. The fourth-order valence-corrected chi connectivity index (χ4v) is 3.25. The Hall–Kier alpha value is -3.98. The molecule has 0 atom stereocenters. The van der Waals surface area contributed by atoms with E-state index < -0.39 is 4.92 Å². The molecule has 4 rings (SSSR count). The number of hydrogen-bond donors (Lipinski definition) is 1. The molecule has 1 N–H and O–H groups in total. The van der Waals surface area contributed by atoms with Crippen LogP contribution in [0.4, 0.5) is 10.8 Å². The van der Waals surface area contributed by atoms with Crippen molar-refractivity contribution in [3.05, 3.63) is 99.9 Å². The Kier molecular flexibility index (Phi) is 5.30. The number of nitro benzene ring substituents is 1. The van der Waals surface area contributed by atoms with E-state index in [9.17, 15) is 10.1 Å². The highest BCUT2D eigenvalue weighted by molar-refractivity contribution is 7.14. The predicted molar refractivity (Wildman–Crippen MR) is 112 cm³/mol. The average molecular weight is 402 g/mol. The van der Waals surface area contributed by atoms with Crippen LogP contribution in [0.3, 0.4) is 0 Å². The number of nitrogens with zero attached hydrogens (tertiary/aromatic N) is 5. The van der Waals surface area contributed by atoms with Gasteiger partial charge in [0.15, 0.2) is 0 Å². The van der Waals surface area contributed by atoms with Crippen molar-refractivity contribution in [2.45, 2.75) is 0 Å². The van der Waals surface area contributed by atoms with Gasteiger partial charge in [-0.3, -0.25) is 25.5 Å². The highest BCUT2D eigenvalue weighted by Crippen LogP contribution is 2.27. The average Bonchev–Trinajstić information content (AvgIpc) is 3.25. The van der Waals surface area contributed by atoms with Crippen LogP contribution >= 0.6 is 11.3 Å². The van der Waals surface area contributed by atoms with Crippen LogP contribution in [0.2, 0.25) is 0 Å². The molecule has 0 bridgehead atoms. The summed E-state index contributed by atoms with van der Waals surface area (Å²) in [7, 11) is 0. The van der Waals surface area contributed by atoms with Crippen molar-refractivity contribution in [3.63, 3.8) is 0 Å². The Morgan fingerprint density at radius 2 is 1.72 bits per heavy atom. The molecule has 3 heterocycles. The number of nitrogens with one attached hydrogen (secondary N) is 1. The van der Waals surface area contributed by atoms with Crippen LogP contribution in [0.15, 0.2) is 83.5 Å². The van der Waals surface area contributed by atoms with Gasteiger partial charge in [0.1, 0.15) is 5.71 Å². The van der Waals surface area contributed by atoms with E-state index in [1.165, 1.54) is 23.5 Å². The molecule has 0 radical (unpaired) electrons. The Morgan fingerprint density at radius 1 is 1.00 bits per heavy atom. The maximum absolute atomic E-state index is 11.0. The number of benzene rings is 1. The molecule has 142 valence electrons. The number of pyridine rings is 2. The van der Waals surface area contributed by atoms with Crippen molar-refractivity contribution in [3.8, 4) is 11.3 Å². The van der Waals surface area contributed by atoms with Gasteiger partial charge in [0.25, 0.3) is 5.69 Å². The van der Waals surface area contributed by atoms with Gasteiger partial charge in [-0.25, -0.2) is 4.98 Å². The van der Waals surface area contributed by atoms with E-state index in [4.69, 9.17) is 0 Å². The Morgan fingerprint density at radius 3 is 2.34 bits per heavy atom. The van der Waals surface area contributed by atoms with Gasteiger partial charge in [0.2, 0.25) is 5.13 Å². The summed E-state index contributed by atoms with van der Waals surface area (Å²) in [5.41, 5.74) is 6.21. The molecule has 9 heteroatoms. The lowest BCUT2D eigenvalue weighted by atomic mass is 10.1. The molecule has 0 aliphatic rings. The molecule has 0 amide bonds. The second kappa shape index (κ2) is 8.36. The number of anilines is 1. The van der Waals surface area contributed by atoms with Gasteiger partial charge in [-0.15, -0.1) is 11.3 Å². The van der Waals surface area contributed by atoms with E-state index in [0.29, 0.717) is 33.5 Å². The van der Waals surface area contributed by atoms with Crippen LogP contribution in [-0.2, 0) is 0 Å². The first-order valence-electron chi connectivity index (χ1n) is 8.57. The third kappa shape index (κ3) is 4.30. The molecule has 0 saturated carbocycles. The van der Waals surface area contributed by atoms with E-state index in [0.717, 1.165) is 0 Å². The number of non-ortho nitro benzene ring substituents is 1. The number of thiazole rings is 1. The molecule has 3 aromatic heterocycles. The van der Waals surface area contributed by atoms with E-state index in [-0.39, 0.29) is 5.69 Å². The summed E-state index contributed by atoms with van der Waals surface area (Å²) < 4.78 is 0. The van der Waals surface area contributed by atoms with E-state index in [2.05, 4.69) is 25.5 Å². The zero-order valence-electron chi connectivity index (χ0n) is 15.0. The van der Waals surface area contributed by atoms with E-state index in [1.807, 2.05) is 41.8 Å². The third-order valence-electron chi connectivity index (χ3n) is 3.94. The maximum Gasteiger partial charge on any atom is 0.270 e. The second-order valence-electron chi connectivity index (χ2n) is 5.85. The van der Waals surface area contributed by atoms with Gasteiger partial charge in [-0.05, 0) is 24.3 Å². The van der Waals surface area contributed by atoms with Gasteiger partial charge in [0, 0.05) is 35.5 Å². The standard InChI is InChI=1S/C20H14N6O2S/c27-26(28)15-7-5-6-14(12-15)18-13-29-20(23-18)25-24-19(16-8-1-3-10-21-16)17-9-2-4-11-22-17/h1-13H,(H,23,25). The summed E-state index contributed by atoms with van der Waals surface area (Å²) in [4.78, 5) is 23.7. The van der Waals surface area contributed by atoms with Crippen molar-refractivity contribution < 1.29 is 4.92 Å². The molecule has 0 unspecified atom stereocenters. The minimum Gasteiger partial charge on any atom is -0.258 e. The highest BCUT2D eigenvalue weighted by atomic mass is 32.1. The van der Waals surface area contributed by atoms with Crippen molar-refractivity contribution in [1.29, 1.82) is 0 Å². The van der Waals surface area contributed by atoms with Crippen LogP contribution < -0.4 is 5.43 Å². The zero-order valence-corrected chi connectivity index (χ0v) is 15.8. The van der Waals surface area contributed by atoms with Crippen molar-refractivity contribution in [2.75, 3.05) is 5.43 Å². The summed E-state index contributed by atoms with van der Waals surface area (Å²) in [6, 6.07) is 17.5. The summed E-state index contributed by atoms with van der Waals surface area (Å²) in [6.45, 7) is 0. The van der Waals surface area contributed by atoms with Gasteiger partial charge in [-0.2, -0.15) is 5.10 Å². The Balaban J connectivity index is 1.62. The minimum atomic E-state index is -0.425. The molecular weight excluding hydrogens is 388 g/mol. The lowest BCUT2D eigenvalue weighted by Gasteiger charge is -2.05. The van der Waals surface area contributed by atoms with Crippen LogP contribution in [0.25, 0.3) is 11.3 Å². The lowest BCUT2D eigenvalue weighted by molar-refractivity contribution is -0.384. The quantitative estimate of drug-likeness (QED) is 0.291. The molecule has 29 heavy (non-hydrogen) atoms. The predicted octanol–water partition coefficient (Wildman–Crippen LogP) is 4.37. The summed E-state index contributed by atoms with van der Waals surface area (Å²) in [6.07, 6.45) is 3.38. The first-order chi connectivity index (χ1) is 14.2. The molecule has 0 aliphatic heterocycles. The number of nitro groups is 1. The van der Waals surface area contributed by atoms with Crippen molar-refractivity contribution in [1.82, 2.24) is 15.0 Å². The van der Waals surface area contributed by atoms with Crippen LogP contribution in [0.1, 0.15) is 11.4 Å². The maximum atomic E-state index is 11.0. The van der Waals surface area contributed by atoms with E-state index in [1.54, 1.807) is 24.5 Å². The van der Waals surface area contributed by atoms with Crippen molar-refractivity contribution in [2.24, 2.45) is 5.10 Å². The van der Waals surface area contributed by atoms with Gasteiger partial charge in [-0.1, -0.05) is 24.3 Å². The number of rotatable bonds is 6. The van der Waals surface area contributed by atoms with Crippen LogP contribution in [0, 0.1) is 10.1 Å². The zero-order chi connectivity index (χ0) is 20.1. The number of hydrogen-bond acceptors (Lipinski definition) is 8. The summed E-state index contributed by atoms with van der Waals surface area (Å²) in [5, 5.41) is 17.8. The summed E-state index contributed by atoms with van der Waals surface area (Å²) in [5.74, 6) is 0. The molecule has 8 nitrogen and oxygen atoms in total. The highest BCUT2D eigenvalue weighted by Gasteiger charge is 2.12. The monoisotopic (exact) mass is 402 g/mol. The second-order valence-corrected chi connectivity index (χ2v) is 6.71. The van der Waals surface area contributed by atoms with Gasteiger partial charge < -0.3 is 0 Å². The number of aromatic nitrogens is 3. The Labute approximate surface area is 169 Å². The van der Waals surface area contributed by atoms with Gasteiger partial charge in [0.05, 0.1) is 22.0 Å². The molecular formula is C20H14N6O2S. The molecule has 1 aromatic carbocycles. The normalized spacial score (nSPS) is 10.3. The van der Waals surface area contributed by atoms with Crippen LogP contribution in [-0.4, -0.2) is 25.6 Å². The fraction of sp³-hybridized carbons (Fsp3) is 0. The SMILES string of the molecule is O=[N+]([O-])c1cccc(-c2csc(NN=C(c3ccccn3)c3ccccn3)n2)c1. The number of hydrazone groups is 1. The molecule has 0 spiro atoms. The largest absolute Gasteiger partial charge is 0.270 e. The molecule has 0 aliphatic carbocycles. The smallest absolute Gasteiger partial charge is 0.258 e. The molecule has 0 fully saturated rings. The lowest BCUT2D eigenvalue weighted by Crippen LogP contribution is -2.10. The summed E-state index contributed by atoms with van der Waals surface area (Å²) >= 11 is 1.35. The van der Waals surface area contributed by atoms with Gasteiger partial charge >= 0.3 is 0 Å². The fourth-order valence-electron chi connectivity index (χ4n) is 2.59. The topological polar surface area (TPSA) is 106 Å². The minimum absolute atomic E-state index is 0.0237. The first kappa shape index (κ1) is 18.4. The first-order valence-corrected chi connectivity index (χ1v) is 9.45. The van der Waals surface area contributed by atoms with Crippen LogP contribution in [0.5, 0.6) is 0 Å². The third-order valence-corrected chi connectivity index (χ3v) is 4.68. The molecule has 0 saturated heterocycles.